The number of ether oxygens (including phenoxy) is 1. The molecule has 0 aromatic heterocycles. The second kappa shape index (κ2) is 5.55. The molecule has 2 saturated heterocycles. The van der Waals surface area contributed by atoms with Crippen LogP contribution in [0.1, 0.15) is 26.3 Å². The molecule has 0 radical (unpaired) electrons. The number of hydrogen-bond donors (Lipinski definition) is 0. The van der Waals surface area contributed by atoms with E-state index in [1.54, 1.807) is 4.90 Å². The van der Waals surface area contributed by atoms with Crippen molar-refractivity contribution in [2.45, 2.75) is 32.8 Å². The molecule has 0 unspecified atom stereocenters. The van der Waals surface area contributed by atoms with Crippen LogP contribution in [0, 0.1) is 5.41 Å². The molecule has 2 fully saturated rings. The van der Waals surface area contributed by atoms with Crippen LogP contribution in [-0.2, 0) is 16.0 Å². The van der Waals surface area contributed by atoms with E-state index in [0.717, 1.165) is 18.7 Å². The summed E-state index contributed by atoms with van der Waals surface area (Å²) in [5.74, 6) is 0.164. The minimum atomic E-state index is -0.461. The molecule has 23 heavy (non-hydrogen) atoms. The van der Waals surface area contributed by atoms with Gasteiger partial charge in [-0.1, -0.05) is 30.3 Å². The zero-order valence-electron chi connectivity index (χ0n) is 14.0. The first-order valence-corrected chi connectivity index (χ1v) is 8.06. The maximum atomic E-state index is 12.2. The first kappa shape index (κ1) is 15.8. The normalized spacial score (nSPS) is 19.1. The Kier molecular flexibility index (Phi) is 3.82. The van der Waals surface area contributed by atoms with Gasteiger partial charge in [0.25, 0.3) is 0 Å². The van der Waals surface area contributed by atoms with E-state index in [1.807, 2.05) is 56.0 Å². The number of likely N-dealkylation sites (tertiary alicyclic amines) is 2. The second-order valence-corrected chi connectivity index (χ2v) is 7.75. The summed E-state index contributed by atoms with van der Waals surface area (Å²) >= 11 is 0. The van der Waals surface area contributed by atoms with E-state index in [1.165, 1.54) is 0 Å². The molecule has 124 valence electrons. The van der Waals surface area contributed by atoms with E-state index >= 15 is 0 Å². The molecule has 5 heteroatoms. The molecule has 5 nitrogen and oxygen atoms in total. The van der Waals surface area contributed by atoms with Gasteiger partial charge in [-0.05, 0) is 26.3 Å². The summed E-state index contributed by atoms with van der Waals surface area (Å²) in [6.07, 6.45) is 0.198. The van der Waals surface area contributed by atoms with Gasteiger partial charge in [-0.2, -0.15) is 0 Å². The summed E-state index contributed by atoms with van der Waals surface area (Å²) in [4.78, 5) is 27.8. The number of benzene rings is 1. The summed E-state index contributed by atoms with van der Waals surface area (Å²) in [5.41, 5.74) is 0.683. The van der Waals surface area contributed by atoms with Crippen LogP contribution in [0.2, 0.25) is 0 Å². The standard InChI is InChI=1S/C18H24N2O3/c1-17(2,3)23-16(22)20-12-18(13-20)10-19(11-18)15(21)9-14-7-5-4-6-8-14/h4-8H,9-13H2,1-3H3. The highest BCUT2D eigenvalue weighted by molar-refractivity contribution is 5.80. The van der Waals surface area contributed by atoms with Crippen LogP contribution in [0.25, 0.3) is 0 Å². The maximum Gasteiger partial charge on any atom is 0.410 e. The van der Waals surface area contributed by atoms with Gasteiger partial charge in [0.1, 0.15) is 5.60 Å². The minimum Gasteiger partial charge on any atom is -0.444 e. The largest absolute Gasteiger partial charge is 0.444 e. The lowest BCUT2D eigenvalue weighted by molar-refractivity contribution is -0.156. The van der Waals surface area contributed by atoms with Crippen LogP contribution < -0.4 is 0 Å². The van der Waals surface area contributed by atoms with Crippen molar-refractivity contribution in [1.82, 2.24) is 9.80 Å². The Morgan fingerprint density at radius 3 is 2.17 bits per heavy atom. The van der Waals surface area contributed by atoms with Gasteiger partial charge in [0, 0.05) is 31.6 Å². The van der Waals surface area contributed by atoms with Crippen LogP contribution >= 0.6 is 0 Å². The number of rotatable bonds is 2. The number of carbonyl (C=O) groups is 2. The fourth-order valence-electron chi connectivity index (χ4n) is 3.24. The Morgan fingerprint density at radius 1 is 1.04 bits per heavy atom. The van der Waals surface area contributed by atoms with Gasteiger partial charge in [-0.25, -0.2) is 4.79 Å². The van der Waals surface area contributed by atoms with Crippen molar-refractivity contribution in [3.05, 3.63) is 35.9 Å². The van der Waals surface area contributed by atoms with Gasteiger partial charge >= 0.3 is 6.09 Å². The van der Waals surface area contributed by atoms with E-state index in [9.17, 15) is 9.59 Å². The zero-order chi connectivity index (χ0) is 16.7. The van der Waals surface area contributed by atoms with Gasteiger partial charge in [0.2, 0.25) is 5.91 Å². The molecule has 0 bridgehead atoms. The van der Waals surface area contributed by atoms with Crippen molar-refractivity contribution in [2.75, 3.05) is 26.2 Å². The molecule has 0 aliphatic carbocycles. The molecule has 1 spiro atoms. The SMILES string of the molecule is CC(C)(C)OC(=O)N1CC2(CN(C(=O)Cc3ccccc3)C2)C1. The average Bonchev–Trinajstić information content (AvgIpc) is 2.34. The quantitative estimate of drug-likeness (QED) is 0.841. The third-order valence-corrected chi connectivity index (χ3v) is 4.31. The van der Waals surface area contributed by atoms with Crippen molar-refractivity contribution < 1.29 is 14.3 Å². The molecular formula is C18H24N2O3. The van der Waals surface area contributed by atoms with E-state index < -0.39 is 5.60 Å². The molecule has 3 rings (SSSR count). The Balaban J connectivity index is 1.44. The molecule has 2 aliphatic rings. The number of hydrogen-bond acceptors (Lipinski definition) is 3. The van der Waals surface area contributed by atoms with Crippen LogP contribution in [0.3, 0.4) is 0 Å². The van der Waals surface area contributed by atoms with Crippen molar-refractivity contribution in [3.63, 3.8) is 0 Å². The highest BCUT2D eigenvalue weighted by atomic mass is 16.6. The highest BCUT2D eigenvalue weighted by Gasteiger charge is 2.55. The van der Waals surface area contributed by atoms with E-state index in [0.29, 0.717) is 19.5 Å². The fourth-order valence-corrected chi connectivity index (χ4v) is 3.24. The predicted molar refractivity (Wildman–Crippen MR) is 87.0 cm³/mol. The molecule has 0 saturated carbocycles. The molecule has 2 amide bonds. The third-order valence-electron chi connectivity index (χ3n) is 4.31. The Hall–Kier alpha value is -2.04. The molecule has 2 heterocycles. The molecule has 0 atom stereocenters. The summed E-state index contributed by atoms with van der Waals surface area (Å²) in [5, 5.41) is 0. The number of amides is 2. The Labute approximate surface area is 137 Å². The van der Waals surface area contributed by atoms with Gasteiger partial charge in [-0.3, -0.25) is 4.79 Å². The fraction of sp³-hybridized carbons (Fsp3) is 0.556. The Bertz CT molecular complexity index is 592. The second-order valence-electron chi connectivity index (χ2n) is 7.75. The Morgan fingerprint density at radius 2 is 1.61 bits per heavy atom. The predicted octanol–water partition coefficient (Wildman–Crippen LogP) is 2.31. The van der Waals surface area contributed by atoms with Crippen LogP contribution in [0.4, 0.5) is 4.79 Å². The third kappa shape index (κ3) is 3.49. The lowest BCUT2D eigenvalue weighted by Crippen LogP contribution is -2.74. The maximum absolute atomic E-state index is 12.2. The monoisotopic (exact) mass is 316 g/mol. The van der Waals surface area contributed by atoms with Crippen molar-refractivity contribution in [1.29, 1.82) is 0 Å². The molecular weight excluding hydrogens is 292 g/mol. The molecule has 1 aromatic rings. The number of nitrogens with zero attached hydrogens (tertiary/aromatic N) is 2. The van der Waals surface area contributed by atoms with E-state index in [4.69, 9.17) is 4.74 Å². The van der Waals surface area contributed by atoms with Crippen molar-refractivity contribution in [3.8, 4) is 0 Å². The first-order valence-electron chi connectivity index (χ1n) is 8.06. The van der Waals surface area contributed by atoms with Crippen LogP contribution in [0.15, 0.2) is 30.3 Å². The molecule has 1 aromatic carbocycles. The summed E-state index contributed by atoms with van der Waals surface area (Å²) in [6, 6.07) is 9.80. The lowest BCUT2D eigenvalue weighted by atomic mass is 9.73. The first-order chi connectivity index (χ1) is 10.8. The smallest absolute Gasteiger partial charge is 0.410 e. The van der Waals surface area contributed by atoms with Gasteiger partial charge in [0.15, 0.2) is 0 Å². The number of carbonyl (C=O) groups excluding carboxylic acids is 2. The van der Waals surface area contributed by atoms with Gasteiger partial charge in [-0.15, -0.1) is 0 Å². The summed E-state index contributed by atoms with van der Waals surface area (Å²) < 4.78 is 5.36. The van der Waals surface area contributed by atoms with Crippen molar-refractivity contribution in [2.24, 2.45) is 5.41 Å². The van der Waals surface area contributed by atoms with Crippen LogP contribution in [0.5, 0.6) is 0 Å². The van der Waals surface area contributed by atoms with E-state index in [-0.39, 0.29) is 17.4 Å². The van der Waals surface area contributed by atoms with Gasteiger partial charge in [0.05, 0.1) is 6.42 Å². The zero-order valence-corrected chi connectivity index (χ0v) is 14.0. The minimum absolute atomic E-state index is 0.100. The van der Waals surface area contributed by atoms with Gasteiger partial charge < -0.3 is 14.5 Å². The molecule has 2 aliphatic heterocycles. The van der Waals surface area contributed by atoms with Crippen LogP contribution in [-0.4, -0.2) is 53.6 Å². The lowest BCUT2D eigenvalue weighted by Gasteiger charge is -2.59. The summed E-state index contributed by atoms with van der Waals surface area (Å²) in [6.45, 7) is 8.49. The highest BCUT2D eigenvalue weighted by Crippen LogP contribution is 2.40. The molecule has 0 N–H and O–H groups in total. The summed E-state index contributed by atoms with van der Waals surface area (Å²) in [7, 11) is 0. The topological polar surface area (TPSA) is 49.9 Å². The van der Waals surface area contributed by atoms with E-state index in [2.05, 4.69) is 0 Å². The average molecular weight is 316 g/mol. The van der Waals surface area contributed by atoms with Crippen molar-refractivity contribution >= 4 is 12.0 Å².